The molecule has 0 amide bonds. The Hall–Kier alpha value is -1.76. The molecule has 1 aromatic rings. The number of anilines is 1. The number of rotatable bonds is 5. The van der Waals surface area contributed by atoms with Crippen molar-refractivity contribution >= 4 is 21.7 Å². The van der Waals surface area contributed by atoms with E-state index in [0.29, 0.717) is 25.5 Å². The Morgan fingerprint density at radius 1 is 1.26 bits per heavy atom. The molecule has 1 aromatic carbocycles. The first kappa shape index (κ1) is 16.1. The molecule has 6 nitrogen and oxygen atoms in total. The predicted octanol–water partition coefficient (Wildman–Crippen LogP) is 1.43. The molecule has 1 aliphatic carbocycles. The van der Waals surface area contributed by atoms with E-state index in [4.69, 9.17) is 5.73 Å². The molecule has 1 heterocycles. The van der Waals surface area contributed by atoms with Gasteiger partial charge in [-0.2, -0.15) is 0 Å². The molecule has 0 radical (unpaired) electrons. The normalized spacial score (nSPS) is 21.2. The first-order valence-corrected chi connectivity index (χ1v) is 9.79. The largest absolute Gasteiger partial charge is 0.370 e. The predicted molar refractivity (Wildman–Crippen MR) is 92.9 cm³/mol. The molecule has 126 valence electrons. The first-order chi connectivity index (χ1) is 11.0. The van der Waals surface area contributed by atoms with E-state index in [1.165, 1.54) is 23.6 Å². The van der Waals surface area contributed by atoms with Gasteiger partial charge in [-0.15, -0.1) is 0 Å². The lowest BCUT2D eigenvalue weighted by atomic mass is 9.85. The van der Waals surface area contributed by atoms with Crippen LogP contribution in [0.15, 0.2) is 29.3 Å². The highest BCUT2D eigenvalue weighted by molar-refractivity contribution is 7.93. The van der Waals surface area contributed by atoms with Crippen LogP contribution in [0.5, 0.6) is 0 Å². The molecule has 2 fully saturated rings. The standard InChI is InChI=1S/C16H24N4O2S/c17-16(18-11-13-3-1-4-13)19-12-14-5-7-15(8-6-14)20-9-2-10-23(20,21)22/h5-8,13H,1-4,9-12H2,(H3,17,18,19). The summed E-state index contributed by atoms with van der Waals surface area (Å²) in [7, 11) is -3.12. The van der Waals surface area contributed by atoms with Crippen LogP contribution in [0.4, 0.5) is 5.69 Å². The fourth-order valence-electron chi connectivity index (χ4n) is 2.88. The van der Waals surface area contributed by atoms with Crippen LogP contribution in [0.1, 0.15) is 31.2 Å². The third-order valence-corrected chi connectivity index (χ3v) is 6.42. The molecule has 2 aliphatic rings. The average Bonchev–Trinajstić information content (AvgIpc) is 2.83. The number of guanidine groups is 1. The Labute approximate surface area is 137 Å². The number of sulfonamides is 1. The van der Waals surface area contributed by atoms with Crippen molar-refractivity contribution in [2.75, 3.05) is 23.1 Å². The second-order valence-corrected chi connectivity index (χ2v) is 8.30. The number of aliphatic imine (C=N–C) groups is 1. The van der Waals surface area contributed by atoms with E-state index in [9.17, 15) is 8.42 Å². The zero-order chi connectivity index (χ0) is 16.3. The van der Waals surface area contributed by atoms with Gasteiger partial charge in [-0.3, -0.25) is 4.31 Å². The van der Waals surface area contributed by atoms with E-state index in [2.05, 4.69) is 10.3 Å². The van der Waals surface area contributed by atoms with Crippen molar-refractivity contribution in [1.82, 2.24) is 5.32 Å². The summed E-state index contributed by atoms with van der Waals surface area (Å²) in [5.74, 6) is 1.45. The smallest absolute Gasteiger partial charge is 0.235 e. The zero-order valence-corrected chi connectivity index (χ0v) is 14.1. The van der Waals surface area contributed by atoms with Crippen LogP contribution < -0.4 is 15.4 Å². The van der Waals surface area contributed by atoms with Crippen LogP contribution in [0.3, 0.4) is 0 Å². The summed E-state index contributed by atoms with van der Waals surface area (Å²) in [6, 6.07) is 7.50. The van der Waals surface area contributed by atoms with Gasteiger partial charge in [0, 0.05) is 13.1 Å². The first-order valence-electron chi connectivity index (χ1n) is 8.18. The van der Waals surface area contributed by atoms with Crippen molar-refractivity contribution in [2.45, 2.75) is 32.2 Å². The van der Waals surface area contributed by atoms with Crippen molar-refractivity contribution in [3.05, 3.63) is 29.8 Å². The highest BCUT2D eigenvalue weighted by Crippen LogP contribution is 2.25. The number of hydrogen-bond donors (Lipinski definition) is 2. The molecule has 0 atom stereocenters. The third-order valence-electron chi connectivity index (χ3n) is 4.55. The molecular weight excluding hydrogens is 312 g/mol. The van der Waals surface area contributed by atoms with Gasteiger partial charge in [0.25, 0.3) is 0 Å². The maximum atomic E-state index is 11.9. The number of benzene rings is 1. The number of nitrogens with two attached hydrogens (primary N) is 1. The summed E-state index contributed by atoms with van der Waals surface area (Å²) in [4.78, 5) is 4.33. The number of nitrogens with zero attached hydrogens (tertiary/aromatic N) is 2. The Balaban J connectivity index is 1.54. The Morgan fingerprint density at radius 2 is 2.00 bits per heavy atom. The molecule has 3 rings (SSSR count). The summed E-state index contributed by atoms with van der Waals surface area (Å²) in [5, 5.41) is 3.16. The van der Waals surface area contributed by atoms with Crippen molar-refractivity contribution < 1.29 is 8.42 Å². The van der Waals surface area contributed by atoms with Crippen molar-refractivity contribution in [3.63, 3.8) is 0 Å². The summed E-state index contributed by atoms with van der Waals surface area (Å²) >= 11 is 0. The minimum atomic E-state index is -3.12. The monoisotopic (exact) mass is 336 g/mol. The number of hydrogen-bond acceptors (Lipinski definition) is 3. The minimum Gasteiger partial charge on any atom is -0.370 e. The van der Waals surface area contributed by atoms with Gasteiger partial charge in [0.2, 0.25) is 10.0 Å². The maximum absolute atomic E-state index is 11.9. The summed E-state index contributed by atoms with van der Waals surface area (Å²) in [6.07, 6.45) is 4.57. The molecule has 0 unspecified atom stereocenters. The fraction of sp³-hybridized carbons (Fsp3) is 0.562. The van der Waals surface area contributed by atoms with E-state index in [1.54, 1.807) is 0 Å². The van der Waals surface area contributed by atoms with Gasteiger partial charge in [0.1, 0.15) is 0 Å². The van der Waals surface area contributed by atoms with Crippen molar-refractivity contribution in [2.24, 2.45) is 16.6 Å². The fourth-order valence-corrected chi connectivity index (χ4v) is 4.44. The van der Waals surface area contributed by atoms with Gasteiger partial charge in [-0.25, -0.2) is 13.4 Å². The van der Waals surface area contributed by atoms with Gasteiger partial charge in [-0.1, -0.05) is 18.6 Å². The zero-order valence-electron chi connectivity index (χ0n) is 13.2. The van der Waals surface area contributed by atoms with E-state index >= 15 is 0 Å². The highest BCUT2D eigenvalue weighted by atomic mass is 32.2. The quantitative estimate of drug-likeness (QED) is 0.629. The molecule has 7 heteroatoms. The topological polar surface area (TPSA) is 87.8 Å². The molecule has 1 aliphatic heterocycles. The van der Waals surface area contributed by atoms with Crippen molar-refractivity contribution in [3.8, 4) is 0 Å². The average molecular weight is 336 g/mol. The second kappa shape index (κ2) is 6.78. The lowest BCUT2D eigenvalue weighted by Crippen LogP contribution is -2.37. The van der Waals surface area contributed by atoms with E-state index < -0.39 is 10.0 Å². The van der Waals surface area contributed by atoms with Gasteiger partial charge >= 0.3 is 0 Å². The summed E-state index contributed by atoms with van der Waals surface area (Å²) < 4.78 is 25.3. The highest BCUT2D eigenvalue weighted by Gasteiger charge is 2.28. The van der Waals surface area contributed by atoms with E-state index in [-0.39, 0.29) is 5.75 Å². The molecule has 0 aromatic heterocycles. The Bertz CT molecular complexity index is 666. The minimum absolute atomic E-state index is 0.238. The SMILES string of the molecule is NC(=NCc1ccc(N2CCCS2(=O)=O)cc1)NCC1CCC1. The molecule has 3 N–H and O–H groups in total. The Kier molecular flexibility index (Phi) is 4.75. The van der Waals surface area contributed by atoms with Gasteiger partial charge in [0.05, 0.1) is 18.0 Å². The van der Waals surface area contributed by atoms with Crippen LogP contribution >= 0.6 is 0 Å². The summed E-state index contributed by atoms with van der Waals surface area (Å²) in [6.45, 7) is 1.97. The third kappa shape index (κ3) is 3.96. The van der Waals surface area contributed by atoms with Gasteiger partial charge in [-0.05, 0) is 42.9 Å². The summed E-state index contributed by atoms with van der Waals surface area (Å²) in [5.41, 5.74) is 7.61. The lowest BCUT2D eigenvalue weighted by Gasteiger charge is -2.25. The van der Waals surface area contributed by atoms with E-state index in [0.717, 1.165) is 23.7 Å². The molecule has 1 saturated heterocycles. The molecule has 1 saturated carbocycles. The molecule has 0 bridgehead atoms. The van der Waals surface area contributed by atoms with Crippen LogP contribution in [0.25, 0.3) is 0 Å². The molecule has 0 spiro atoms. The van der Waals surface area contributed by atoms with Crippen LogP contribution in [-0.4, -0.2) is 33.2 Å². The Morgan fingerprint density at radius 3 is 2.57 bits per heavy atom. The van der Waals surface area contributed by atoms with E-state index in [1.807, 2.05) is 24.3 Å². The van der Waals surface area contributed by atoms with Gasteiger partial charge < -0.3 is 11.1 Å². The second-order valence-electron chi connectivity index (χ2n) is 6.29. The maximum Gasteiger partial charge on any atom is 0.235 e. The van der Waals surface area contributed by atoms with Crippen molar-refractivity contribution in [1.29, 1.82) is 0 Å². The van der Waals surface area contributed by atoms with Crippen LogP contribution in [-0.2, 0) is 16.6 Å². The van der Waals surface area contributed by atoms with Gasteiger partial charge in [0.15, 0.2) is 5.96 Å². The molecular formula is C16H24N4O2S. The molecule has 23 heavy (non-hydrogen) atoms. The van der Waals surface area contributed by atoms with Crippen LogP contribution in [0, 0.1) is 5.92 Å². The lowest BCUT2D eigenvalue weighted by molar-refractivity contribution is 0.315. The number of nitrogens with one attached hydrogen (secondary N) is 1. The van der Waals surface area contributed by atoms with Crippen LogP contribution in [0.2, 0.25) is 0 Å².